The Labute approximate surface area is 138 Å². The number of thioether (sulfide) groups is 1. The molecule has 0 radical (unpaired) electrons. The summed E-state index contributed by atoms with van der Waals surface area (Å²) < 4.78 is 0. The van der Waals surface area contributed by atoms with E-state index in [-0.39, 0.29) is 11.7 Å². The predicted octanol–water partition coefficient (Wildman–Crippen LogP) is 3.84. The van der Waals surface area contributed by atoms with Gasteiger partial charge in [0.05, 0.1) is 10.6 Å². The fourth-order valence-electron chi connectivity index (χ4n) is 1.99. The fourth-order valence-corrected chi connectivity index (χ4v) is 2.78. The summed E-state index contributed by atoms with van der Waals surface area (Å²) in [6.45, 7) is 0. The number of allylic oxidation sites excluding steroid dienone is 2. The standard InChI is InChI=1S/C18H14N2O2S/c21-15-10-5-9-14(12-15)19-18-20-17(22)16(23-18)11-4-8-13-6-2-1-3-7-13/h1-12,21H,(H,19,20,22). The number of benzene rings is 2. The van der Waals surface area contributed by atoms with Gasteiger partial charge in [-0.25, -0.2) is 4.99 Å². The van der Waals surface area contributed by atoms with E-state index >= 15 is 0 Å². The maximum atomic E-state index is 11.9. The van der Waals surface area contributed by atoms with Crippen molar-refractivity contribution >= 4 is 34.6 Å². The third-order valence-corrected chi connectivity index (χ3v) is 3.98. The van der Waals surface area contributed by atoms with Gasteiger partial charge in [0, 0.05) is 6.07 Å². The topological polar surface area (TPSA) is 61.7 Å². The molecular weight excluding hydrogens is 308 g/mol. The number of phenolic OH excluding ortho intramolecular Hbond substituents is 1. The van der Waals surface area contributed by atoms with Crippen LogP contribution in [-0.4, -0.2) is 16.2 Å². The second-order valence-electron chi connectivity index (χ2n) is 4.79. The molecule has 0 bridgehead atoms. The lowest BCUT2D eigenvalue weighted by atomic mass is 10.2. The molecule has 0 aliphatic carbocycles. The molecular formula is C18H14N2O2S. The summed E-state index contributed by atoms with van der Waals surface area (Å²) >= 11 is 1.27. The molecule has 4 nitrogen and oxygen atoms in total. The van der Waals surface area contributed by atoms with Gasteiger partial charge >= 0.3 is 0 Å². The lowest BCUT2D eigenvalue weighted by Crippen LogP contribution is -2.19. The highest BCUT2D eigenvalue weighted by atomic mass is 32.2. The molecule has 2 aromatic carbocycles. The highest BCUT2D eigenvalue weighted by molar-refractivity contribution is 8.18. The van der Waals surface area contributed by atoms with E-state index in [0.717, 1.165) is 5.56 Å². The second kappa shape index (κ2) is 6.98. The molecule has 1 fully saturated rings. The van der Waals surface area contributed by atoms with Gasteiger partial charge in [0.15, 0.2) is 5.17 Å². The van der Waals surface area contributed by atoms with Crippen molar-refractivity contribution in [1.82, 2.24) is 5.32 Å². The van der Waals surface area contributed by atoms with Gasteiger partial charge in [0.2, 0.25) is 0 Å². The zero-order chi connectivity index (χ0) is 16.1. The Balaban J connectivity index is 1.72. The first-order chi connectivity index (χ1) is 11.2. The van der Waals surface area contributed by atoms with Gasteiger partial charge in [-0.3, -0.25) is 4.79 Å². The lowest BCUT2D eigenvalue weighted by Gasteiger charge is -1.96. The van der Waals surface area contributed by atoms with Crippen LogP contribution in [0.1, 0.15) is 5.56 Å². The number of nitrogens with one attached hydrogen (secondary N) is 1. The van der Waals surface area contributed by atoms with Gasteiger partial charge in [-0.15, -0.1) is 0 Å². The molecule has 2 N–H and O–H groups in total. The Morgan fingerprint density at radius 3 is 2.70 bits per heavy atom. The summed E-state index contributed by atoms with van der Waals surface area (Å²) in [5.74, 6) is -0.0330. The Morgan fingerprint density at radius 1 is 1.09 bits per heavy atom. The van der Waals surface area contributed by atoms with E-state index in [9.17, 15) is 9.90 Å². The molecule has 0 atom stereocenters. The van der Waals surface area contributed by atoms with Crippen molar-refractivity contribution in [3.63, 3.8) is 0 Å². The molecule has 1 saturated heterocycles. The second-order valence-corrected chi connectivity index (χ2v) is 5.82. The maximum absolute atomic E-state index is 11.9. The minimum absolute atomic E-state index is 0.141. The van der Waals surface area contributed by atoms with Crippen molar-refractivity contribution in [2.24, 2.45) is 4.99 Å². The van der Waals surface area contributed by atoms with Crippen LogP contribution in [0.4, 0.5) is 5.69 Å². The van der Waals surface area contributed by atoms with E-state index in [1.807, 2.05) is 42.5 Å². The highest BCUT2D eigenvalue weighted by Gasteiger charge is 2.23. The number of hydrogen-bond acceptors (Lipinski definition) is 4. The number of rotatable bonds is 3. The highest BCUT2D eigenvalue weighted by Crippen LogP contribution is 2.27. The average molecular weight is 322 g/mol. The van der Waals surface area contributed by atoms with Crippen LogP contribution in [0.2, 0.25) is 0 Å². The molecule has 114 valence electrons. The molecule has 0 unspecified atom stereocenters. The molecule has 0 saturated carbocycles. The summed E-state index contributed by atoms with van der Waals surface area (Å²) in [4.78, 5) is 16.8. The summed E-state index contributed by atoms with van der Waals surface area (Å²) in [6.07, 6.45) is 5.54. The predicted molar refractivity (Wildman–Crippen MR) is 94.5 cm³/mol. The van der Waals surface area contributed by atoms with Crippen molar-refractivity contribution in [3.8, 4) is 5.75 Å². The monoisotopic (exact) mass is 322 g/mol. The minimum Gasteiger partial charge on any atom is -0.508 e. The molecule has 1 amide bonds. The van der Waals surface area contributed by atoms with Gasteiger partial charge in [-0.1, -0.05) is 48.6 Å². The third kappa shape index (κ3) is 4.11. The van der Waals surface area contributed by atoms with E-state index in [1.165, 1.54) is 17.8 Å². The zero-order valence-corrected chi connectivity index (χ0v) is 13.0. The van der Waals surface area contributed by atoms with Gasteiger partial charge < -0.3 is 10.4 Å². The normalized spacial score (nSPS) is 18.0. The summed E-state index contributed by atoms with van der Waals surface area (Å²) in [6, 6.07) is 16.4. The maximum Gasteiger partial charge on any atom is 0.264 e. The van der Waals surface area contributed by atoms with Gasteiger partial charge in [0.25, 0.3) is 5.91 Å². The van der Waals surface area contributed by atoms with E-state index in [1.54, 1.807) is 24.3 Å². The molecule has 0 aromatic heterocycles. The van der Waals surface area contributed by atoms with Crippen molar-refractivity contribution in [1.29, 1.82) is 0 Å². The number of nitrogens with zero attached hydrogens (tertiary/aromatic N) is 1. The molecule has 2 aromatic rings. The van der Waals surface area contributed by atoms with Gasteiger partial charge in [-0.2, -0.15) is 0 Å². The van der Waals surface area contributed by atoms with Crippen LogP contribution in [0.15, 0.2) is 76.6 Å². The molecule has 0 spiro atoms. The first-order valence-electron chi connectivity index (χ1n) is 7.01. The Hall–Kier alpha value is -2.79. The number of carbonyl (C=O) groups excluding carboxylic acids is 1. The lowest BCUT2D eigenvalue weighted by molar-refractivity contribution is -0.115. The van der Waals surface area contributed by atoms with Crippen LogP contribution < -0.4 is 5.32 Å². The molecule has 3 rings (SSSR count). The molecule has 23 heavy (non-hydrogen) atoms. The van der Waals surface area contributed by atoms with Crippen LogP contribution in [0.25, 0.3) is 6.08 Å². The number of aliphatic imine (C=N–C) groups is 1. The van der Waals surface area contributed by atoms with E-state index in [4.69, 9.17) is 0 Å². The van der Waals surface area contributed by atoms with Crippen LogP contribution in [-0.2, 0) is 4.79 Å². The SMILES string of the molecule is O=C1NC(=Nc2cccc(O)c2)SC1=CC=Cc1ccccc1. The number of aromatic hydroxyl groups is 1. The smallest absolute Gasteiger partial charge is 0.264 e. The zero-order valence-electron chi connectivity index (χ0n) is 12.1. The molecule has 1 aliphatic heterocycles. The van der Waals surface area contributed by atoms with Crippen molar-refractivity contribution in [2.45, 2.75) is 0 Å². The Kier molecular flexibility index (Phi) is 4.59. The van der Waals surface area contributed by atoms with Gasteiger partial charge in [0.1, 0.15) is 5.75 Å². The summed E-state index contributed by atoms with van der Waals surface area (Å²) in [5, 5.41) is 12.6. The molecule has 1 heterocycles. The Morgan fingerprint density at radius 2 is 1.91 bits per heavy atom. The van der Waals surface area contributed by atoms with Crippen LogP contribution in [0.5, 0.6) is 5.75 Å². The number of hydrogen-bond donors (Lipinski definition) is 2. The first kappa shape index (κ1) is 15.1. The number of phenols is 1. The average Bonchev–Trinajstić information content (AvgIpc) is 2.88. The largest absolute Gasteiger partial charge is 0.508 e. The van der Waals surface area contributed by atoms with Crippen molar-refractivity contribution < 1.29 is 9.90 Å². The Bertz CT molecular complexity index is 811. The van der Waals surface area contributed by atoms with Crippen molar-refractivity contribution in [2.75, 3.05) is 0 Å². The summed E-state index contributed by atoms with van der Waals surface area (Å²) in [7, 11) is 0. The summed E-state index contributed by atoms with van der Waals surface area (Å²) in [5.41, 5.74) is 1.66. The molecule has 5 heteroatoms. The minimum atomic E-state index is -0.174. The van der Waals surface area contributed by atoms with E-state index < -0.39 is 0 Å². The van der Waals surface area contributed by atoms with Crippen LogP contribution in [0, 0.1) is 0 Å². The number of carbonyl (C=O) groups is 1. The fraction of sp³-hybridized carbons (Fsp3) is 0. The number of amidine groups is 1. The van der Waals surface area contributed by atoms with E-state index in [2.05, 4.69) is 10.3 Å². The molecule has 1 aliphatic rings. The van der Waals surface area contributed by atoms with Crippen LogP contribution >= 0.6 is 11.8 Å². The first-order valence-corrected chi connectivity index (χ1v) is 7.83. The van der Waals surface area contributed by atoms with E-state index in [0.29, 0.717) is 15.8 Å². The quantitative estimate of drug-likeness (QED) is 0.844. The van der Waals surface area contributed by atoms with Gasteiger partial charge in [-0.05, 0) is 35.5 Å². The third-order valence-electron chi connectivity index (χ3n) is 3.05. The number of amides is 1. The van der Waals surface area contributed by atoms with Crippen molar-refractivity contribution in [3.05, 3.63) is 77.2 Å². The van der Waals surface area contributed by atoms with Crippen LogP contribution in [0.3, 0.4) is 0 Å².